The molecular formula is C58H59N7O9. The zero-order valence-electron chi connectivity index (χ0n) is 41.6. The molecule has 16 nitrogen and oxygen atoms in total. The molecule has 3 saturated heterocycles. The molecule has 0 unspecified atom stereocenters. The van der Waals surface area contributed by atoms with Crippen molar-refractivity contribution < 1.29 is 43.3 Å². The lowest BCUT2D eigenvalue weighted by molar-refractivity contribution is -0.179. The first-order valence-corrected chi connectivity index (χ1v) is 25.4. The van der Waals surface area contributed by atoms with Gasteiger partial charge in [0.25, 0.3) is 0 Å². The van der Waals surface area contributed by atoms with Gasteiger partial charge in [0.05, 0.1) is 42.9 Å². The number of benzene rings is 5. The second-order valence-electron chi connectivity index (χ2n) is 19.6. The van der Waals surface area contributed by atoms with Crippen molar-refractivity contribution in [3.63, 3.8) is 0 Å². The lowest BCUT2D eigenvalue weighted by Crippen LogP contribution is -2.58. The maximum atomic E-state index is 16.9. The van der Waals surface area contributed by atoms with Gasteiger partial charge in [-0.05, 0) is 83.5 Å². The van der Waals surface area contributed by atoms with E-state index in [9.17, 15) is 9.90 Å². The largest absolute Gasteiger partial charge is 0.491 e. The zero-order chi connectivity index (χ0) is 51.5. The summed E-state index contributed by atoms with van der Waals surface area (Å²) in [6.45, 7) is 4.29. The minimum atomic E-state index is -2.04. The van der Waals surface area contributed by atoms with Gasteiger partial charge < -0.3 is 29.5 Å². The van der Waals surface area contributed by atoms with E-state index in [0.717, 1.165) is 48.1 Å². The highest BCUT2D eigenvalue weighted by atomic mass is 16.6. The number of hydrogen-bond acceptors (Lipinski definition) is 12. The summed E-state index contributed by atoms with van der Waals surface area (Å²) in [5, 5.41) is 21.1. The Labute approximate surface area is 429 Å². The molecule has 5 aromatic carbocycles. The van der Waals surface area contributed by atoms with Crippen molar-refractivity contribution in [3.05, 3.63) is 155 Å². The molecule has 0 saturated carbocycles. The number of carbonyl (C=O) groups is 5. The van der Waals surface area contributed by atoms with Crippen LogP contribution in [0.2, 0.25) is 0 Å². The lowest BCUT2D eigenvalue weighted by atomic mass is 9.64. The molecule has 0 aliphatic carbocycles. The van der Waals surface area contributed by atoms with Crippen LogP contribution in [0.25, 0.3) is 11.0 Å². The van der Waals surface area contributed by atoms with Gasteiger partial charge in [-0.1, -0.05) is 135 Å². The van der Waals surface area contributed by atoms with Crippen LogP contribution in [0.5, 0.6) is 5.75 Å². The van der Waals surface area contributed by atoms with Gasteiger partial charge in [-0.2, -0.15) is 0 Å². The summed E-state index contributed by atoms with van der Waals surface area (Å²) < 4.78 is 19.4. The van der Waals surface area contributed by atoms with Gasteiger partial charge in [-0.3, -0.25) is 19.3 Å². The Balaban J connectivity index is 1.25. The third-order valence-electron chi connectivity index (χ3n) is 14.9. The number of methoxy groups -OCH3 is 1. The fraction of sp³-hybridized carbons (Fsp3) is 0.362. The molecule has 1 spiro atoms. The van der Waals surface area contributed by atoms with E-state index in [1.807, 2.05) is 102 Å². The summed E-state index contributed by atoms with van der Waals surface area (Å²) >= 11 is 0. The summed E-state index contributed by atoms with van der Waals surface area (Å²) in [6.07, 6.45) is 3.34. The molecule has 2 N–H and O–H groups in total. The van der Waals surface area contributed by atoms with Gasteiger partial charge in [-0.15, -0.1) is 5.10 Å². The number of hydrogen-bond donors (Lipinski definition) is 2. The van der Waals surface area contributed by atoms with Crippen LogP contribution in [0.4, 0.5) is 10.5 Å². The van der Waals surface area contributed by atoms with Crippen molar-refractivity contribution in [2.24, 2.45) is 11.8 Å². The van der Waals surface area contributed by atoms with Crippen LogP contribution in [0.15, 0.2) is 127 Å². The van der Waals surface area contributed by atoms with Crippen LogP contribution < -0.4 is 15.0 Å². The molecule has 4 aliphatic rings. The third-order valence-corrected chi connectivity index (χ3v) is 14.9. The number of imide groups is 1. The molecule has 0 bridgehead atoms. The summed E-state index contributed by atoms with van der Waals surface area (Å²) in [5.74, 6) is 2.46. The summed E-state index contributed by atoms with van der Waals surface area (Å²) in [7, 11) is 1.23. The highest BCUT2D eigenvalue weighted by molar-refractivity contribution is 6.25. The fourth-order valence-corrected chi connectivity index (χ4v) is 11.6. The number of ether oxygens (including phenoxy) is 3. The predicted molar refractivity (Wildman–Crippen MR) is 274 cm³/mol. The average Bonchev–Trinajstić information content (AvgIpc) is 4.13. The van der Waals surface area contributed by atoms with Crippen LogP contribution in [0.1, 0.15) is 92.0 Å². The standard InChI is InChI=1S/C58H59N7O9/c1-37(2)48(54(68)72-3)59-57(71)64-45-30-25-38(18-17-33-63-46-24-14-13-23-44(46)60-61-63)36-43(45)58(56(64)70)47(53(67)62-31-15-5-4-6-16-32-62)50-55(69)74-51(40-21-11-8-12-22-40)49(39-19-9-7-10-20-39)65(50)52(58)41-26-28-42(29-27-41)73-35-34-66/h7-14,19-30,36-37,47-52,66H,4-6,15-16,31-35H2,1-3H3,(H,59,71)/t47-,48-,49-,50-,51+,52+,58-/m0/s1. The van der Waals surface area contributed by atoms with E-state index in [1.165, 1.54) is 7.11 Å². The van der Waals surface area contributed by atoms with Crippen molar-refractivity contribution in [2.75, 3.05) is 38.3 Å². The number of nitrogens with zero attached hydrogens (tertiary/aromatic N) is 6. The molecule has 380 valence electrons. The molecule has 6 aromatic rings. The smallest absolute Gasteiger partial charge is 0.329 e. The summed E-state index contributed by atoms with van der Waals surface area (Å²) in [6, 6.07) is 33.4. The number of morpholine rings is 1. The van der Waals surface area contributed by atoms with E-state index in [4.69, 9.17) is 14.2 Å². The average molecular weight is 998 g/mol. The Morgan fingerprint density at radius 3 is 2.19 bits per heavy atom. The molecular weight excluding hydrogens is 939 g/mol. The molecule has 1 aromatic heterocycles. The van der Waals surface area contributed by atoms with Gasteiger partial charge in [0.15, 0.2) is 0 Å². The first-order chi connectivity index (χ1) is 36.1. The second kappa shape index (κ2) is 21.3. The van der Waals surface area contributed by atoms with Crippen LogP contribution >= 0.6 is 0 Å². The zero-order valence-corrected chi connectivity index (χ0v) is 41.6. The monoisotopic (exact) mass is 997 g/mol. The number of aliphatic hydroxyl groups is 1. The molecule has 10 rings (SSSR count). The van der Waals surface area contributed by atoms with Crippen LogP contribution in [0.3, 0.4) is 0 Å². The Hall–Kier alpha value is -7.87. The number of aliphatic hydroxyl groups excluding tert-OH is 1. The molecule has 16 heteroatoms. The van der Waals surface area contributed by atoms with Gasteiger partial charge in [-0.25, -0.2) is 19.2 Å². The molecule has 4 amide bonds. The van der Waals surface area contributed by atoms with E-state index in [2.05, 4.69) is 27.5 Å². The number of carbonyl (C=O) groups excluding carboxylic acids is 5. The second-order valence-corrected chi connectivity index (χ2v) is 19.6. The number of aromatic nitrogens is 3. The molecule has 7 atom stereocenters. The van der Waals surface area contributed by atoms with E-state index in [0.29, 0.717) is 46.6 Å². The quantitative estimate of drug-likeness (QED) is 0.0983. The van der Waals surface area contributed by atoms with Crippen molar-refractivity contribution >= 4 is 46.5 Å². The maximum absolute atomic E-state index is 16.9. The lowest BCUT2D eigenvalue weighted by Gasteiger charge is -2.46. The number of esters is 2. The summed E-state index contributed by atoms with van der Waals surface area (Å²) in [5.41, 5.74) is 2.41. The van der Waals surface area contributed by atoms with Crippen molar-refractivity contribution in [3.8, 4) is 17.6 Å². The van der Waals surface area contributed by atoms with Crippen LogP contribution in [-0.4, -0.2) is 105 Å². The van der Waals surface area contributed by atoms with Gasteiger partial charge >= 0.3 is 18.0 Å². The molecule has 74 heavy (non-hydrogen) atoms. The first kappa shape index (κ1) is 49.7. The van der Waals surface area contributed by atoms with E-state index >= 15 is 19.2 Å². The Bertz CT molecular complexity index is 3110. The normalized spacial score (nSPS) is 23.0. The van der Waals surface area contributed by atoms with Crippen molar-refractivity contribution in [1.29, 1.82) is 0 Å². The number of likely N-dealkylation sites (tertiary alicyclic amines) is 1. The number of fused-ring (bicyclic) bond motifs is 4. The third kappa shape index (κ3) is 8.93. The topological polar surface area (TPSA) is 186 Å². The van der Waals surface area contributed by atoms with Crippen molar-refractivity contribution in [1.82, 2.24) is 30.1 Å². The highest BCUT2D eigenvalue weighted by Gasteiger charge is 2.76. The highest BCUT2D eigenvalue weighted by Crippen LogP contribution is 2.66. The van der Waals surface area contributed by atoms with E-state index in [-0.39, 0.29) is 25.4 Å². The fourth-order valence-electron chi connectivity index (χ4n) is 11.6. The first-order valence-electron chi connectivity index (χ1n) is 25.4. The molecule has 5 heterocycles. The Kier molecular flexibility index (Phi) is 14.3. The van der Waals surface area contributed by atoms with Crippen LogP contribution in [-0.2, 0) is 40.6 Å². The van der Waals surface area contributed by atoms with Crippen LogP contribution in [0, 0.1) is 23.7 Å². The predicted octanol–water partition coefficient (Wildman–Crippen LogP) is 7.22. The molecule has 4 aliphatic heterocycles. The van der Waals surface area contributed by atoms with Gasteiger partial charge in [0.1, 0.15) is 48.0 Å². The molecule has 0 radical (unpaired) electrons. The van der Waals surface area contributed by atoms with E-state index in [1.54, 1.807) is 53.8 Å². The number of nitrogens with one attached hydrogen (secondary N) is 1. The number of cyclic esters (lactones) is 1. The maximum Gasteiger partial charge on any atom is 0.329 e. The SMILES string of the molecule is COC(=O)[C@@H](NC(=O)N1C(=O)[C@@]2(c3cc(C#CCn4nnc5ccccc54)ccc31)[C@H](C(=O)N1CCCCCCC1)[C@H]1C(=O)O[C@H](c3ccccc3)[C@H](c3ccccc3)N1[C@@H]2c1ccc(OCCO)cc1)C(C)C. The Morgan fingerprint density at radius 2 is 1.50 bits per heavy atom. The number of rotatable bonds is 11. The van der Waals surface area contributed by atoms with Gasteiger partial charge in [0.2, 0.25) is 11.8 Å². The Morgan fingerprint density at radius 1 is 0.824 bits per heavy atom. The number of para-hydroxylation sites is 1. The summed E-state index contributed by atoms with van der Waals surface area (Å²) in [4.78, 5) is 82.3. The number of amides is 4. The number of urea groups is 1. The number of anilines is 1. The minimum Gasteiger partial charge on any atom is -0.491 e. The minimum absolute atomic E-state index is 0.0316. The van der Waals surface area contributed by atoms with E-state index < -0.39 is 77.3 Å². The van der Waals surface area contributed by atoms with Gasteiger partial charge in [0, 0.05) is 18.7 Å². The molecule has 3 fully saturated rings. The van der Waals surface area contributed by atoms with Crippen molar-refractivity contribution in [2.45, 2.75) is 88.2 Å².